The maximum atomic E-state index is 13.4. The van der Waals surface area contributed by atoms with Crippen molar-refractivity contribution in [3.8, 4) is 5.75 Å². The van der Waals surface area contributed by atoms with E-state index in [2.05, 4.69) is 4.98 Å². The van der Waals surface area contributed by atoms with Crippen molar-refractivity contribution in [1.82, 2.24) is 9.88 Å². The molecule has 8 heteroatoms. The van der Waals surface area contributed by atoms with Crippen molar-refractivity contribution in [2.45, 2.75) is 19.0 Å². The highest BCUT2D eigenvalue weighted by Gasteiger charge is 2.51. The minimum Gasteiger partial charge on any atom is -0.497 e. The minimum atomic E-state index is -1.11. The van der Waals surface area contributed by atoms with E-state index in [1.165, 1.54) is 4.90 Å². The first-order valence-corrected chi connectivity index (χ1v) is 10.7. The normalized spacial score (nSPS) is 18.2. The number of Topliss-reactive ketones (excluding diaryl/α,β-unsaturated/α-hetero) is 2. The van der Waals surface area contributed by atoms with Gasteiger partial charge in [-0.1, -0.05) is 23.7 Å². The molecule has 4 rings (SSSR count). The molecule has 0 saturated carbocycles. The van der Waals surface area contributed by atoms with Crippen LogP contribution in [0.2, 0.25) is 5.02 Å². The third-order valence-corrected chi connectivity index (χ3v) is 5.94. The Morgan fingerprint density at radius 3 is 2.47 bits per heavy atom. The lowest BCUT2D eigenvalue weighted by Gasteiger charge is -2.27. The van der Waals surface area contributed by atoms with E-state index in [1.54, 1.807) is 55.6 Å². The number of aromatic amines is 1. The number of nitrogens with zero attached hydrogens (tertiary/aromatic N) is 2. The van der Waals surface area contributed by atoms with Crippen LogP contribution >= 0.6 is 11.6 Å². The van der Waals surface area contributed by atoms with E-state index in [1.807, 2.05) is 23.3 Å². The smallest absolute Gasteiger partial charge is 0.291 e. The van der Waals surface area contributed by atoms with Crippen LogP contribution in [-0.4, -0.2) is 41.0 Å². The van der Waals surface area contributed by atoms with Crippen LogP contribution in [-0.2, 0) is 16.1 Å². The van der Waals surface area contributed by atoms with Crippen LogP contribution < -0.4 is 9.30 Å². The Bertz CT molecular complexity index is 1110. The fraction of sp³-hybridized carbons (Fsp3) is 0.250. The van der Waals surface area contributed by atoms with E-state index in [0.717, 1.165) is 0 Å². The van der Waals surface area contributed by atoms with Crippen molar-refractivity contribution in [3.05, 3.63) is 83.4 Å². The average molecular weight is 453 g/mol. The van der Waals surface area contributed by atoms with E-state index in [4.69, 9.17) is 16.3 Å². The maximum absolute atomic E-state index is 13.4. The number of carbonyl (C=O) groups excluding carboxylic acids is 3. The van der Waals surface area contributed by atoms with Gasteiger partial charge < -0.3 is 9.64 Å². The molecular weight excluding hydrogens is 430 g/mol. The number of aromatic nitrogens is 2. The summed E-state index contributed by atoms with van der Waals surface area (Å²) in [6.45, 7) is 1.02. The van der Waals surface area contributed by atoms with Gasteiger partial charge in [0.1, 0.15) is 24.1 Å². The van der Waals surface area contributed by atoms with Crippen LogP contribution in [0.15, 0.2) is 67.3 Å². The number of hydrogen-bond donors (Lipinski definition) is 1. The molecule has 2 unspecified atom stereocenters. The van der Waals surface area contributed by atoms with Gasteiger partial charge in [0.05, 0.1) is 19.7 Å². The summed E-state index contributed by atoms with van der Waals surface area (Å²) in [5.74, 6) is -2.15. The predicted molar refractivity (Wildman–Crippen MR) is 117 cm³/mol. The molecule has 0 bridgehead atoms. The van der Waals surface area contributed by atoms with Gasteiger partial charge >= 0.3 is 0 Å². The SMILES string of the molecule is COc1ccc(C2C(C(=O)c3ccc(Cl)cc3)C(=O)C(=O)N2CCC[n+]2cc[nH]c2)cc1. The first-order chi connectivity index (χ1) is 15.5. The standard InChI is InChI=1S/C24H22ClN3O4/c1-32-19-9-5-16(6-10-19)21-20(22(29)17-3-7-18(25)8-4-17)23(30)24(31)28(21)13-2-12-27-14-11-26-15-27/h3-11,14-15,20-21H,2,12-13H2,1H3/p+1. The molecule has 2 aromatic carbocycles. The Balaban J connectivity index is 1.66. The molecule has 7 nitrogen and oxygen atoms in total. The maximum Gasteiger partial charge on any atom is 0.291 e. The summed E-state index contributed by atoms with van der Waals surface area (Å²) in [5, 5.41) is 0.492. The minimum absolute atomic E-state index is 0.351. The van der Waals surface area contributed by atoms with Crippen LogP contribution in [0, 0.1) is 5.92 Å². The number of halogens is 1. The molecule has 1 aromatic heterocycles. The van der Waals surface area contributed by atoms with Gasteiger partial charge in [0, 0.05) is 23.6 Å². The number of rotatable bonds is 8. The molecule has 1 saturated heterocycles. The molecule has 3 aromatic rings. The summed E-state index contributed by atoms with van der Waals surface area (Å²) in [5.41, 5.74) is 1.07. The summed E-state index contributed by atoms with van der Waals surface area (Å²) in [7, 11) is 1.56. The molecule has 0 aliphatic carbocycles. The number of nitrogens with one attached hydrogen (secondary N) is 1. The van der Waals surface area contributed by atoms with Crippen molar-refractivity contribution < 1.29 is 23.7 Å². The molecular formula is C24H23ClN3O4+. The fourth-order valence-electron chi connectivity index (χ4n) is 4.08. The first kappa shape index (κ1) is 21.8. The zero-order valence-corrected chi connectivity index (χ0v) is 18.3. The number of likely N-dealkylation sites (tertiary alicyclic amines) is 1. The van der Waals surface area contributed by atoms with Crippen LogP contribution in [0.1, 0.15) is 28.4 Å². The molecule has 1 aliphatic rings. The lowest BCUT2D eigenvalue weighted by Crippen LogP contribution is -2.36. The van der Waals surface area contributed by atoms with Crippen molar-refractivity contribution in [1.29, 1.82) is 0 Å². The summed E-state index contributed by atoms with van der Waals surface area (Å²) < 4.78 is 7.19. The van der Waals surface area contributed by atoms with E-state index in [0.29, 0.717) is 41.4 Å². The monoisotopic (exact) mass is 452 g/mol. The van der Waals surface area contributed by atoms with Crippen molar-refractivity contribution in [2.24, 2.45) is 5.92 Å². The molecule has 2 heterocycles. The van der Waals surface area contributed by atoms with Crippen LogP contribution in [0.25, 0.3) is 0 Å². The van der Waals surface area contributed by atoms with Gasteiger partial charge in [-0.15, -0.1) is 0 Å². The molecule has 0 spiro atoms. The lowest BCUT2D eigenvalue weighted by atomic mass is 9.86. The second-order valence-electron chi connectivity index (χ2n) is 7.63. The quantitative estimate of drug-likeness (QED) is 0.246. The largest absolute Gasteiger partial charge is 0.497 e. The van der Waals surface area contributed by atoms with Crippen LogP contribution in [0.3, 0.4) is 0 Å². The Labute approximate surface area is 190 Å². The third-order valence-electron chi connectivity index (χ3n) is 5.69. The Morgan fingerprint density at radius 1 is 1.12 bits per heavy atom. The molecule has 1 N–H and O–H groups in total. The third kappa shape index (κ3) is 4.29. The number of ether oxygens (including phenoxy) is 1. The Kier molecular flexibility index (Phi) is 6.37. The first-order valence-electron chi connectivity index (χ1n) is 10.3. The predicted octanol–water partition coefficient (Wildman–Crippen LogP) is 3.01. The lowest BCUT2D eigenvalue weighted by molar-refractivity contribution is -0.695. The second kappa shape index (κ2) is 9.36. The highest BCUT2D eigenvalue weighted by molar-refractivity contribution is 6.44. The van der Waals surface area contributed by atoms with Crippen molar-refractivity contribution in [2.75, 3.05) is 13.7 Å². The summed E-state index contributed by atoms with van der Waals surface area (Å²) in [4.78, 5) is 43.8. The number of carbonyl (C=O) groups is 3. The van der Waals surface area contributed by atoms with Gasteiger partial charge in [-0.3, -0.25) is 19.4 Å². The number of ketones is 2. The Morgan fingerprint density at radius 2 is 1.84 bits per heavy atom. The van der Waals surface area contributed by atoms with E-state index < -0.39 is 23.7 Å². The summed E-state index contributed by atoms with van der Waals surface area (Å²) in [6, 6.07) is 12.8. The Hall–Kier alpha value is -3.45. The summed E-state index contributed by atoms with van der Waals surface area (Å²) in [6.07, 6.45) is 6.16. The number of H-pyrrole nitrogens is 1. The van der Waals surface area contributed by atoms with Gasteiger partial charge in [-0.05, 0) is 42.0 Å². The number of amides is 1. The van der Waals surface area contributed by atoms with E-state index >= 15 is 0 Å². The molecule has 164 valence electrons. The number of aryl methyl sites for hydroxylation is 1. The number of benzene rings is 2. The zero-order chi connectivity index (χ0) is 22.7. The van der Waals surface area contributed by atoms with Crippen LogP contribution in [0.5, 0.6) is 5.75 Å². The van der Waals surface area contributed by atoms with E-state index in [-0.39, 0.29) is 5.78 Å². The highest BCUT2D eigenvalue weighted by Crippen LogP contribution is 2.38. The van der Waals surface area contributed by atoms with Gasteiger partial charge in [-0.25, -0.2) is 4.57 Å². The molecule has 1 amide bonds. The second-order valence-corrected chi connectivity index (χ2v) is 8.07. The van der Waals surface area contributed by atoms with Crippen molar-refractivity contribution >= 4 is 29.1 Å². The van der Waals surface area contributed by atoms with E-state index in [9.17, 15) is 14.4 Å². The van der Waals surface area contributed by atoms with Gasteiger partial charge in [0.2, 0.25) is 12.1 Å². The fourth-order valence-corrected chi connectivity index (χ4v) is 4.20. The van der Waals surface area contributed by atoms with Crippen LogP contribution in [0.4, 0.5) is 0 Å². The molecule has 32 heavy (non-hydrogen) atoms. The van der Waals surface area contributed by atoms with Gasteiger partial charge in [0.15, 0.2) is 5.78 Å². The molecule has 1 fully saturated rings. The highest BCUT2D eigenvalue weighted by atomic mass is 35.5. The van der Waals surface area contributed by atoms with Gasteiger partial charge in [-0.2, -0.15) is 0 Å². The van der Waals surface area contributed by atoms with Crippen molar-refractivity contribution in [3.63, 3.8) is 0 Å². The number of hydrogen-bond acceptors (Lipinski definition) is 4. The molecule has 1 aliphatic heterocycles. The number of imidazole rings is 1. The average Bonchev–Trinajstić information content (AvgIpc) is 3.41. The summed E-state index contributed by atoms with van der Waals surface area (Å²) >= 11 is 5.95. The van der Waals surface area contributed by atoms with Gasteiger partial charge in [0.25, 0.3) is 5.91 Å². The topological polar surface area (TPSA) is 83.3 Å². The molecule has 2 atom stereocenters. The zero-order valence-electron chi connectivity index (χ0n) is 17.5. The number of methoxy groups -OCH3 is 1. The molecule has 0 radical (unpaired) electrons.